The number of ketones is 2. The number of nitrogens with zero attached hydrogens (tertiary/aromatic N) is 1. The first-order valence-corrected chi connectivity index (χ1v) is 5.86. The van der Waals surface area contributed by atoms with Gasteiger partial charge >= 0.3 is 0 Å². The van der Waals surface area contributed by atoms with Crippen LogP contribution in [0.25, 0.3) is 0 Å². The van der Waals surface area contributed by atoms with Crippen LogP contribution in [-0.4, -0.2) is 11.6 Å². The summed E-state index contributed by atoms with van der Waals surface area (Å²) in [7, 11) is 0. The van der Waals surface area contributed by atoms with Gasteiger partial charge in [0.25, 0.3) is 0 Å². The van der Waals surface area contributed by atoms with E-state index in [-0.39, 0.29) is 22.7 Å². The van der Waals surface area contributed by atoms with Gasteiger partial charge in [-0.05, 0) is 19.1 Å². The molecule has 2 aromatic rings. The van der Waals surface area contributed by atoms with Crippen LogP contribution < -0.4 is 0 Å². The Balaban J connectivity index is 2.37. The fourth-order valence-corrected chi connectivity index (χ4v) is 2.40. The predicted molar refractivity (Wildman–Crippen MR) is 69.2 cm³/mol. The molecule has 0 bridgehead atoms. The van der Waals surface area contributed by atoms with Gasteiger partial charge in [-0.1, -0.05) is 29.8 Å². The van der Waals surface area contributed by atoms with Gasteiger partial charge in [-0.2, -0.15) is 5.26 Å². The number of aryl methyl sites for hydroxylation is 1. The van der Waals surface area contributed by atoms with E-state index in [1.807, 2.05) is 13.0 Å². The average Bonchev–Trinajstić information content (AvgIpc) is 2.43. The number of hydrogen-bond acceptors (Lipinski definition) is 3. The van der Waals surface area contributed by atoms with Crippen molar-refractivity contribution in [3.8, 4) is 6.07 Å². The van der Waals surface area contributed by atoms with Crippen molar-refractivity contribution in [1.82, 2.24) is 0 Å². The van der Waals surface area contributed by atoms with Crippen LogP contribution in [0.3, 0.4) is 0 Å². The number of rotatable bonds is 0. The summed E-state index contributed by atoms with van der Waals surface area (Å²) in [5, 5.41) is 9.08. The van der Waals surface area contributed by atoms with Crippen LogP contribution in [-0.2, 0) is 0 Å². The summed E-state index contributed by atoms with van der Waals surface area (Å²) in [5.74, 6) is -0.438. The molecule has 0 unspecified atom stereocenters. The minimum atomic E-state index is -0.248. The van der Waals surface area contributed by atoms with Gasteiger partial charge in [0.05, 0.1) is 17.2 Å². The summed E-state index contributed by atoms with van der Waals surface area (Å²) in [6.45, 7) is 1.87. The number of nitriles is 1. The Kier molecular flexibility index (Phi) is 2.33. The molecule has 3 rings (SSSR count). The van der Waals surface area contributed by atoms with Crippen molar-refractivity contribution in [3.05, 3.63) is 69.8 Å². The zero-order valence-corrected chi connectivity index (χ0v) is 10.2. The number of benzene rings is 2. The molecule has 0 atom stereocenters. The quantitative estimate of drug-likeness (QED) is 0.613. The normalized spacial score (nSPS) is 12.6. The summed E-state index contributed by atoms with van der Waals surface area (Å²) >= 11 is 0. The lowest BCUT2D eigenvalue weighted by Gasteiger charge is -2.18. The smallest absolute Gasteiger partial charge is 0.195 e. The monoisotopic (exact) mass is 247 g/mol. The van der Waals surface area contributed by atoms with Gasteiger partial charge in [-0.3, -0.25) is 9.59 Å². The first kappa shape index (κ1) is 11.4. The summed E-state index contributed by atoms with van der Waals surface area (Å²) in [6.07, 6.45) is 0. The van der Waals surface area contributed by atoms with Crippen LogP contribution >= 0.6 is 0 Å². The van der Waals surface area contributed by atoms with Crippen LogP contribution in [0.1, 0.15) is 43.0 Å². The zero-order valence-electron chi connectivity index (χ0n) is 10.2. The van der Waals surface area contributed by atoms with Crippen molar-refractivity contribution >= 4 is 11.6 Å². The molecule has 1 aliphatic carbocycles. The zero-order chi connectivity index (χ0) is 13.6. The highest BCUT2D eigenvalue weighted by Crippen LogP contribution is 2.29. The van der Waals surface area contributed by atoms with Gasteiger partial charge in [0, 0.05) is 16.7 Å². The van der Waals surface area contributed by atoms with Gasteiger partial charge in [-0.25, -0.2) is 0 Å². The first-order chi connectivity index (χ1) is 9.13. The number of fused-ring (bicyclic) bond motifs is 2. The van der Waals surface area contributed by atoms with Crippen molar-refractivity contribution in [2.24, 2.45) is 0 Å². The topological polar surface area (TPSA) is 57.9 Å². The minimum Gasteiger partial charge on any atom is -0.289 e. The molecule has 90 valence electrons. The lowest BCUT2D eigenvalue weighted by Crippen LogP contribution is -2.22. The summed E-state index contributed by atoms with van der Waals surface area (Å²) in [4.78, 5) is 24.9. The number of hydrogen-bond donors (Lipinski definition) is 0. The molecule has 0 saturated carbocycles. The third-order valence-corrected chi connectivity index (χ3v) is 3.32. The Bertz CT molecular complexity index is 782. The largest absolute Gasteiger partial charge is 0.289 e. The fraction of sp³-hybridized carbons (Fsp3) is 0.0625. The average molecular weight is 247 g/mol. The second-order valence-electron chi connectivity index (χ2n) is 4.55. The van der Waals surface area contributed by atoms with Crippen LogP contribution in [0, 0.1) is 18.3 Å². The molecule has 19 heavy (non-hydrogen) atoms. The van der Waals surface area contributed by atoms with Crippen LogP contribution in [0.2, 0.25) is 0 Å². The van der Waals surface area contributed by atoms with E-state index in [2.05, 4.69) is 0 Å². The van der Waals surface area contributed by atoms with Crippen molar-refractivity contribution in [2.75, 3.05) is 0 Å². The van der Waals surface area contributed by atoms with Gasteiger partial charge in [0.1, 0.15) is 0 Å². The van der Waals surface area contributed by atoms with E-state index in [9.17, 15) is 9.59 Å². The molecule has 0 saturated heterocycles. The van der Waals surface area contributed by atoms with E-state index in [4.69, 9.17) is 5.26 Å². The summed E-state index contributed by atoms with van der Waals surface area (Å²) < 4.78 is 0. The molecule has 2 aromatic carbocycles. The number of carbonyl (C=O) groups excluding carboxylic acids is 2. The predicted octanol–water partition coefficient (Wildman–Crippen LogP) is 2.64. The van der Waals surface area contributed by atoms with E-state index in [1.54, 1.807) is 36.4 Å². The molecule has 0 N–H and O–H groups in total. The highest BCUT2D eigenvalue weighted by atomic mass is 16.1. The maximum absolute atomic E-state index is 12.4. The molecule has 0 fully saturated rings. The van der Waals surface area contributed by atoms with E-state index in [1.165, 1.54) is 0 Å². The lowest BCUT2D eigenvalue weighted by atomic mass is 9.81. The molecule has 0 radical (unpaired) electrons. The Morgan fingerprint density at radius 3 is 2.47 bits per heavy atom. The van der Waals surface area contributed by atoms with Crippen molar-refractivity contribution in [3.63, 3.8) is 0 Å². The minimum absolute atomic E-state index is 0.189. The molecule has 3 heteroatoms. The molecule has 1 aliphatic rings. The first-order valence-electron chi connectivity index (χ1n) is 5.86. The van der Waals surface area contributed by atoms with Crippen LogP contribution in [0.4, 0.5) is 0 Å². The van der Waals surface area contributed by atoms with Gasteiger partial charge < -0.3 is 0 Å². The second kappa shape index (κ2) is 3.89. The molecule has 3 nitrogen and oxygen atoms in total. The van der Waals surface area contributed by atoms with Gasteiger partial charge in [0.15, 0.2) is 11.6 Å². The summed E-state index contributed by atoms with van der Waals surface area (Å²) in [6, 6.07) is 11.9. The molecular formula is C16H9NO2. The van der Waals surface area contributed by atoms with Gasteiger partial charge in [0.2, 0.25) is 0 Å². The van der Waals surface area contributed by atoms with E-state index in [0.29, 0.717) is 16.7 Å². The SMILES string of the molecule is Cc1ccc2c(c1)C(=O)c1cccc(C#N)c1C2=O. The molecule has 0 heterocycles. The standard InChI is InChI=1S/C16H9NO2/c1-9-5-6-11-13(7-9)15(18)12-4-2-3-10(8-17)14(12)16(11)19/h2-7H,1H3. The third kappa shape index (κ3) is 1.50. The maximum atomic E-state index is 12.4. The summed E-state index contributed by atoms with van der Waals surface area (Å²) in [5.41, 5.74) is 2.54. The highest BCUT2D eigenvalue weighted by molar-refractivity contribution is 6.29. The second-order valence-corrected chi connectivity index (χ2v) is 4.55. The van der Waals surface area contributed by atoms with E-state index < -0.39 is 0 Å². The molecule has 0 aliphatic heterocycles. The third-order valence-electron chi connectivity index (χ3n) is 3.32. The van der Waals surface area contributed by atoms with Crippen molar-refractivity contribution in [1.29, 1.82) is 5.26 Å². The fourth-order valence-electron chi connectivity index (χ4n) is 2.40. The molecule has 0 spiro atoms. The van der Waals surface area contributed by atoms with Crippen molar-refractivity contribution < 1.29 is 9.59 Å². The molecule has 0 aromatic heterocycles. The Morgan fingerprint density at radius 1 is 0.947 bits per heavy atom. The molecule has 0 amide bonds. The van der Waals surface area contributed by atoms with Crippen molar-refractivity contribution in [2.45, 2.75) is 6.92 Å². The lowest BCUT2D eigenvalue weighted by molar-refractivity contribution is 0.0979. The van der Waals surface area contributed by atoms with Crippen LogP contribution in [0.15, 0.2) is 36.4 Å². The molecular weight excluding hydrogens is 238 g/mol. The van der Waals surface area contributed by atoms with Gasteiger partial charge in [-0.15, -0.1) is 0 Å². The van der Waals surface area contributed by atoms with E-state index >= 15 is 0 Å². The Hall–Kier alpha value is -2.73. The number of carbonyl (C=O) groups is 2. The maximum Gasteiger partial charge on any atom is 0.195 e. The van der Waals surface area contributed by atoms with E-state index in [0.717, 1.165) is 5.56 Å². The highest BCUT2D eigenvalue weighted by Gasteiger charge is 2.31. The Labute approximate surface area is 110 Å². The Morgan fingerprint density at radius 2 is 1.74 bits per heavy atom. The van der Waals surface area contributed by atoms with Crippen LogP contribution in [0.5, 0.6) is 0 Å².